The van der Waals surface area contributed by atoms with E-state index in [0.717, 1.165) is 0 Å². The molecule has 1 fully saturated rings. The van der Waals surface area contributed by atoms with Crippen molar-refractivity contribution in [2.45, 2.75) is 95.8 Å². The van der Waals surface area contributed by atoms with Gasteiger partial charge in [0.05, 0.1) is 6.10 Å². The van der Waals surface area contributed by atoms with Crippen molar-refractivity contribution in [3.63, 3.8) is 0 Å². The average molecular weight is 399 g/mol. The van der Waals surface area contributed by atoms with E-state index in [2.05, 4.69) is 46.4 Å². The molecule has 0 amide bonds. The fourth-order valence-electron chi connectivity index (χ4n) is 2.96. The van der Waals surface area contributed by atoms with Crippen LogP contribution in [0.1, 0.15) is 48.0 Å². The van der Waals surface area contributed by atoms with Crippen LogP contribution in [0.3, 0.4) is 0 Å². The van der Waals surface area contributed by atoms with Crippen LogP contribution in [0.4, 0.5) is 0 Å². The molecule has 27 heavy (non-hydrogen) atoms. The lowest BCUT2D eigenvalue weighted by Gasteiger charge is -2.45. The molecule has 0 aromatic carbocycles. The zero-order chi connectivity index (χ0) is 21.1. The van der Waals surface area contributed by atoms with Gasteiger partial charge in [0, 0.05) is 7.11 Å². The van der Waals surface area contributed by atoms with Gasteiger partial charge in [0.1, 0.15) is 24.6 Å². The van der Waals surface area contributed by atoms with Gasteiger partial charge in [-0.05, 0) is 45.3 Å². The Balaban J connectivity index is 3.25. The molecule has 0 aromatic rings. The first-order chi connectivity index (χ1) is 12.2. The summed E-state index contributed by atoms with van der Waals surface area (Å²) in [6, 6.07) is 0. The predicted octanol–water partition coefficient (Wildman–Crippen LogP) is 4.49. The van der Waals surface area contributed by atoms with Crippen molar-refractivity contribution < 1.29 is 23.4 Å². The Morgan fingerprint density at radius 2 is 1.85 bits per heavy atom. The van der Waals surface area contributed by atoms with Gasteiger partial charge in [0.2, 0.25) is 0 Å². The third-order valence-corrected chi connectivity index (χ3v) is 9.94. The molecule has 0 spiro atoms. The Morgan fingerprint density at radius 3 is 2.30 bits per heavy atom. The molecule has 1 heterocycles. The SMILES string of the molecule is C#C[C@@](C)(O[Si](C)(C)C(C)(C)C)[C@@H]1OC(C)(C)O[C@@H]1[C@H](CC=C)OCOC. The molecule has 4 atom stereocenters. The van der Waals surface area contributed by atoms with Crippen LogP contribution in [0.2, 0.25) is 18.1 Å². The van der Waals surface area contributed by atoms with Crippen molar-refractivity contribution in [2.75, 3.05) is 13.9 Å². The minimum absolute atomic E-state index is 0.0165. The predicted molar refractivity (Wildman–Crippen MR) is 111 cm³/mol. The number of hydrogen-bond acceptors (Lipinski definition) is 5. The second kappa shape index (κ2) is 8.77. The van der Waals surface area contributed by atoms with Crippen molar-refractivity contribution in [3.05, 3.63) is 12.7 Å². The van der Waals surface area contributed by atoms with Crippen molar-refractivity contribution in [1.29, 1.82) is 0 Å². The van der Waals surface area contributed by atoms with E-state index in [1.807, 2.05) is 20.8 Å². The van der Waals surface area contributed by atoms with Gasteiger partial charge in [0.25, 0.3) is 0 Å². The van der Waals surface area contributed by atoms with E-state index < -0.39 is 31.9 Å². The van der Waals surface area contributed by atoms with E-state index in [1.165, 1.54) is 0 Å². The summed E-state index contributed by atoms with van der Waals surface area (Å²) in [7, 11) is -0.559. The van der Waals surface area contributed by atoms with Gasteiger partial charge in [-0.25, -0.2) is 0 Å². The first-order valence-corrected chi connectivity index (χ1v) is 12.4. The van der Waals surface area contributed by atoms with E-state index in [1.54, 1.807) is 13.2 Å². The van der Waals surface area contributed by atoms with Gasteiger partial charge in [0.15, 0.2) is 14.1 Å². The maximum absolute atomic E-state index is 6.66. The smallest absolute Gasteiger partial charge is 0.194 e. The van der Waals surface area contributed by atoms with E-state index in [9.17, 15) is 0 Å². The van der Waals surface area contributed by atoms with Crippen LogP contribution in [0, 0.1) is 12.3 Å². The normalized spacial score (nSPS) is 26.2. The highest BCUT2D eigenvalue weighted by atomic mass is 28.4. The van der Waals surface area contributed by atoms with Gasteiger partial charge in [-0.2, -0.15) is 0 Å². The summed E-state index contributed by atoms with van der Waals surface area (Å²) in [5, 5.41) is 0.0165. The maximum Gasteiger partial charge on any atom is 0.194 e. The fourth-order valence-corrected chi connectivity index (χ4v) is 4.50. The minimum atomic E-state index is -2.15. The lowest BCUT2D eigenvalue weighted by Crippen LogP contribution is -2.57. The largest absolute Gasteiger partial charge is 0.399 e. The summed E-state index contributed by atoms with van der Waals surface area (Å²) in [5.74, 6) is 2.07. The maximum atomic E-state index is 6.66. The van der Waals surface area contributed by atoms with E-state index >= 15 is 0 Å². The molecule has 0 aliphatic carbocycles. The number of ether oxygens (including phenoxy) is 4. The first kappa shape index (κ1) is 24.4. The van der Waals surface area contributed by atoms with Gasteiger partial charge in [-0.3, -0.25) is 0 Å². The van der Waals surface area contributed by atoms with Gasteiger partial charge < -0.3 is 23.4 Å². The van der Waals surface area contributed by atoms with Gasteiger partial charge >= 0.3 is 0 Å². The Labute approximate surface area is 166 Å². The molecule has 0 unspecified atom stereocenters. The number of hydrogen-bond donors (Lipinski definition) is 0. The lowest BCUT2D eigenvalue weighted by molar-refractivity contribution is -0.171. The van der Waals surface area contributed by atoms with Crippen molar-refractivity contribution in [1.82, 2.24) is 0 Å². The van der Waals surface area contributed by atoms with Crippen LogP contribution < -0.4 is 0 Å². The highest BCUT2D eigenvalue weighted by molar-refractivity contribution is 6.74. The third kappa shape index (κ3) is 5.90. The van der Waals surface area contributed by atoms with Crippen LogP contribution in [-0.2, 0) is 23.4 Å². The standard InChI is InChI=1S/C21H38O5Si/c1-12-14-16(23-15-22-9)17-18(25-20(6,7)24-17)21(8,13-2)26-27(10,11)19(3,4)5/h2,12,16-18H,1,14-15H2,3-11H3/t16-,17+,18+,21+/m0/s1. The molecule has 1 aliphatic rings. The van der Waals surface area contributed by atoms with Gasteiger partial charge in [-0.15, -0.1) is 13.0 Å². The lowest BCUT2D eigenvalue weighted by atomic mass is 9.91. The van der Waals surface area contributed by atoms with E-state index in [-0.39, 0.29) is 17.9 Å². The minimum Gasteiger partial charge on any atom is -0.399 e. The number of methoxy groups -OCH3 is 1. The molecule has 5 nitrogen and oxygen atoms in total. The number of terminal acetylenes is 1. The highest BCUT2D eigenvalue weighted by Gasteiger charge is 2.56. The summed E-state index contributed by atoms with van der Waals surface area (Å²) in [6.07, 6.45) is 7.19. The average Bonchev–Trinajstić information content (AvgIpc) is 2.86. The van der Waals surface area contributed by atoms with E-state index in [0.29, 0.717) is 6.42 Å². The second-order valence-corrected chi connectivity index (χ2v) is 14.0. The molecule has 0 saturated carbocycles. The fraction of sp³-hybridized carbons (Fsp3) is 0.810. The molecular weight excluding hydrogens is 360 g/mol. The Morgan fingerprint density at radius 1 is 1.26 bits per heavy atom. The third-order valence-electron chi connectivity index (χ3n) is 5.40. The molecule has 0 bridgehead atoms. The molecule has 0 radical (unpaired) electrons. The Kier molecular flexibility index (Phi) is 7.91. The molecule has 1 rings (SSSR count). The molecule has 6 heteroatoms. The topological polar surface area (TPSA) is 46.2 Å². The van der Waals surface area contributed by atoms with E-state index in [4.69, 9.17) is 29.8 Å². The number of rotatable bonds is 9. The summed E-state index contributed by atoms with van der Waals surface area (Å²) in [6.45, 7) is 20.6. The molecule has 0 N–H and O–H groups in total. The van der Waals surface area contributed by atoms with Crippen molar-refractivity contribution in [3.8, 4) is 12.3 Å². The van der Waals surface area contributed by atoms with Crippen LogP contribution in [0.5, 0.6) is 0 Å². The second-order valence-electron chi connectivity index (χ2n) is 9.27. The van der Waals surface area contributed by atoms with Crippen LogP contribution in [-0.4, -0.2) is 51.9 Å². The molecule has 156 valence electrons. The van der Waals surface area contributed by atoms with Crippen molar-refractivity contribution in [2.24, 2.45) is 0 Å². The molecule has 1 saturated heterocycles. The summed E-state index contributed by atoms with van der Waals surface area (Å²) >= 11 is 0. The van der Waals surface area contributed by atoms with Crippen LogP contribution in [0.15, 0.2) is 12.7 Å². The molecular formula is C21H38O5Si. The zero-order valence-corrected chi connectivity index (χ0v) is 19.5. The Bertz CT molecular complexity index is 546. The summed E-state index contributed by atoms with van der Waals surface area (Å²) in [4.78, 5) is 0. The quantitative estimate of drug-likeness (QED) is 0.248. The van der Waals surface area contributed by atoms with Crippen molar-refractivity contribution >= 4 is 8.32 Å². The molecule has 1 aliphatic heterocycles. The monoisotopic (exact) mass is 398 g/mol. The molecule has 0 aromatic heterocycles. The van der Waals surface area contributed by atoms with Gasteiger partial charge in [-0.1, -0.05) is 32.8 Å². The Hall–Kier alpha value is -0.683. The summed E-state index contributed by atoms with van der Waals surface area (Å²) < 4.78 is 30.1. The van der Waals surface area contributed by atoms with Crippen LogP contribution >= 0.6 is 0 Å². The first-order valence-electron chi connectivity index (χ1n) is 9.48. The summed E-state index contributed by atoms with van der Waals surface area (Å²) in [5.41, 5.74) is -0.947. The highest BCUT2D eigenvalue weighted by Crippen LogP contribution is 2.44. The zero-order valence-electron chi connectivity index (χ0n) is 18.5. The van der Waals surface area contributed by atoms with Crippen LogP contribution in [0.25, 0.3) is 0 Å².